The number of hydrogen-bond donors (Lipinski definition) is 1. The second-order valence-electron chi connectivity index (χ2n) is 5.09. The normalized spacial score (nSPS) is 24.8. The van der Waals surface area contributed by atoms with Gasteiger partial charge in [-0.1, -0.05) is 24.6 Å². The van der Waals surface area contributed by atoms with Gasteiger partial charge in [0.1, 0.15) is 4.90 Å². The topological polar surface area (TPSA) is 63.4 Å². The quantitative estimate of drug-likeness (QED) is 0.875. The molecular weight excluding hydrogens is 364 g/mol. The van der Waals surface area contributed by atoms with Crippen molar-refractivity contribution in [3.8, 4) is 0 Å². The Morgan fingerprint density at radius 3 is 2.85 bits per heavy atom. The van der Waals surface area contributed by atoms with Crippen molar-refractivity contribution in [1.82, 2.24) is 4.31 Å². The van der Waals surface area contributed by atoms with Crippen LogP contribution in [0.2, 0.25) is 5.02 Å². The van der Waals surface area contributed by atoms with E-state index in [1.165, 1.54) is 10.4 Å². The van der Waals surface area contributed by atoms with Gasteiger partial charge in [-0.3, -0.25) is 0 Å². The molecule has 0 spiro atoms. The number of halogens is 2. The number of rotatable bonds is 3. The molecule has 0 radical (unpaired) electrons. The number of nitrogens with zero attached hydrogens (tertiary/aromatic N) is 1. The molecule has 2 rings (SSSR count). The first-order valence-electron chi connectivity index (χ1n) is 6.55. The number of sulfonamides is 1. The van der Waals surface area contributed by atoms with E-state index in [0.29, 0.717) is 17.6 Å². The van der Waals surface area contributed by atoms with Gasteiger partial charge >= 0.3 is 0 Å². The zero-order valence-electron chi connectivity index (χ0n) is 11.2. The molecule has 0 bridgehead atoms. The van der Waals surface area contributed by atoms with E-state index in [2.05, 4.69) is 15.9 Å². The van der Waals surface area contributed by atoms with Crippen LogP contribution in [0.25, 0.3) is 0 Å². The summed E-state index contributed by atoms with van der Waals surface area (Å²) in [5.41, 5.74) is 5.78. The first kappa shape index (κ1) is 16.2. The summed E-state index contributed by atoms with van der Waals surface area (Å²) in [7, 11) is -3.62. The van der Waals surface area contributed by atoms with Crippen molar-refractivity contribution >= 4 is 37.6 Å². The lowest BCUT2D eigenvalue weighted by Gasteiger charge is -2.38. The van der Waals surface area contributed by atoms with Crippen molar-refractivity contribution in [3.05, 3.63) is 27.7 Å². The van der Waals surface area contributed by atoms with Crippen LogP contribution in [0.3, 0.4) is 0 Å². The van der Waals surface area contributed by atoms with E-state index in [9.17, 15) is 8.42 Å². The number of benzene rings is 1. The first-order chi connectivity index (χ1) is 9.39. The Kier molecular flexibility index (Phi) is 5.13. The summed E-state index contributed by atoms with van der Waals surface area (Å²) in [4.78, 5) is 0.140. The average molecular weight is 382 g/mol. The highest BCUT2D eigenvalue weighted by Crippen LogP contribution is 2.34. The van der Waals surface area contributed by atoms with Crippen molar-refractivity contribution in [2.75, 3.05) is 13.1 Å². The SMILES string of the molecule is CC1CCCN(S(=O)(=O)c2cccc(Br)c2Cl)C1CN. The third-order valence-electron chi connectivity index (χ3n) is 3.81. The van der Waals surface area contributed by atoms with Crippen LogP contribution in [-0.2, 0) is 10.0 Å². The van der Waals surface area contributed by atoms with Crippen LogP contribution in [-0.4, -0.2) is 31.9 Å². The van der Waals surface area contributed by atoms with E-state index >= 15 is 0 Å². The summed E-state index contributed by atoms with van der Waals surface area (Å²) in [5, 5.41) is 0.224. The van der Waals surface area contributed by atoms with Gasteiger partial charge in [0, 0.05) is 23.6 Å². The molecule has 2 N–H and O–H groups in total. The van der Waals surface area contributed by atoms with Crippen molar-refractivity contribution in [2.24, 2.45) is 11.7 Å². The first-order valence-corrected chi connectivity index (χ1v) is 9.16. The molecule has 0 aliphatic carbocycles. The maximum absolute atomic E-state index is 12.8. The predicted octanol–water partition coefficient (Wildman–Crippen LogP) is 2.85. The second-order valence-corrected chi connectivity index (χ2v) is 8.18. The molecule has 1 aromatic rings. The van der Waals surface area contributed by atoms with Crippen molar-refractivity contribution < 1.29 is 8.42 Å². The Morgan fingerprint density at radius 1 is 1.50 bits per heavy atom. The zero-order valence-corrected chi connectivity index (χ0v) is 14.4. The maximum atomic E-state index is 12.8. The number of nitrogens with two attached hydrogens (primary N) is 1. The fraction of sp³-hybridized carbons (Fsp3) is 0.538. The highest BCUT2D eigenvalue weighted by atomic mass is 79.9. The van der Waals surface area contributed by atoms with Crippen molar-refractivity contribution in [3.63, 3.8) is 0 Å². The lowest BCUT2D eigenvalue weighted by Crippen LogP contribution is -2.51. The lowest BCUT2D eigenvalue weighted by atomic mass is 9.93. The Morgan fingerprint density at radius 2 is 2.20 bits per heavy atom. The van der Waals surface area contributed by atoms with Crippen LogP contribution in [0.1, 0.15) is 19.8 Å². The molecule has 20 heavy (non-hydrogen) atoms. The monoisotopic (exact) mass is 380 g/mol. The van der Waals surface area contributed by atoms with Gasteiger partial charge in [-0.05, 0) is 46.8 Å². The Labute approximate surface area is 133 Å². The van der Waals surface area contributed by atoms with Gasteiger partial charge < -0.3 is 5.73 Å². The van der Waals surface area contributed by atoms with Crippen molar-refractivity contribution in [1.29, 1.82) is 0 Å². The molecule has 1 fully saturated rings. The molecule has 0 amide bonds. The highest BCUT2D eigenvalue weighted by Gasteiger charge is 2.37. The third kappa shape index (κ3) is 2.90. The third-order valence-corrected chi connectivity index (χ3v) is 7.18. The molecule has 1 aromatic carbocycles. The van der Waals surface area contributed by atoms with Gasteiger partial charge in [0.15, 0.2) is 0 Å². The fourth-order valence-corrected chi connectivity index (χ4v) is 5.44. The van der Waals surface area contributed by atoms with E-state index in [1.807, 2.05) is 6.92 Å². The minimum atomic E-state index is -3.62. The zero-order chi connectivity index (χ0) is 14.9. The minimum Gasteiger partial charge on any atom is -0.329 e. The average Bonchev–Trinajstić information content (AvgIpc) is 2.41. The lowest BCUT2D eigenvalue weighted by molar-refractivity contribution is 0.192. The molecule has 0 aromatic heterocycles. The van der Waals surface area contributed by atoms with Gasteiger partial charge in [0.2, 0.25) is 10.0 Å². The molecule has 112 valence electrons. The van der Waals surface area contributed by atoms with Crippen LogP contribution >= 0.6 is 27.5 Å². The van der Waals surface area contributed by atoms with Crippen LogP contribution in [0.15, 0.2) is 27.6 Å². The van der Waals surface area contributed by atoms with Crippen LogP contribution in [0.5, 0.6) is 0 Å². The summed E-state index contributed by atoms with van der Waals surface area (Å²) >= 11 is 9.41. The molecule has 4 nitrogen and oxygen atoms in total. The van der Waals surface area contributed by atoms with Gasteiger partial charge in [-0.15, -0.1) is 0 Å². The second kappa shape index (κ2) is 6.32. The van der Waals surface area contributed by atoms with Gasteiger partial charge in [0.05, 0.1) is 5.02 Å². The van der Waals surface area contributed by atoms with E-state index in [0.717, 1.165) is 12.8 Å². The van der Waals surface area contributed by atoms with Crippen LogP contribution < -0.4 is 5.73 Å². The molecule has 0 saturated carbocycles. The van der Waals surface area contributed by atoms with E-state index in [1.54, 1.807) is 12.1 Å². The van der Waals surface area contributed by atoms with E-state index < -0.39 is 10.0 Å². The summed E-state index contributed by atoms with van der Waals surface area (Å²) < 4.78 is 27.8. The molecule has 2 unspecified atom stereocenters. The minimum absolute atomic E-state index is 0.140. The summed E-state index contributed by atoms with van der Waals surface area (Å²) in [6, 6.07) is 4.77. The Balaban J connectivity index is 2.46. The summed E-state index contributed by atoms with van der Waals surface area (Å²) in [6.07, 6.45) is 1.85. The fourth-order valence-electron chi connectivity index (χ4n) is 2.67. The molecule has 1 heterocycles. The largest absolute Gasteiger partial charge is 0.329 e. The van der Waals surface area contributed by atoms with Crippen molar-refractivity contribution in [2.45, 2.75) is 30.7 Å². The summed E-state index contributed by atoms with van der Waals surface area (Å²) in [6.45, 7) is 2.87. The van der Waals surface area contributed by atoms with Gasteiger partial charge in [-0.2, -0.15) is 4.31 Å². The van der Waals surface area contributed by atoms with Crippen LogP contribution in [0, 0.1) is 5.92 Å². The summed E-state index contributed by atoms with van der Waals surface area (Å²) in [5.74, 6) is 0.259. The molecular formula is C13H18BrClN2O2S. The van der Waals surface area contributed by atoms with E-state index in [-0.39, 0.29) is 21.9 Å². The predicted molar refractivity (Wildman–Crippen MR) is 84.3 cm³/mol. The Hall–Kier alpha value is -0.140. The Bertz CT molecular complexity index is 594. The van der Waals surface area contributed by atoms with Crippen LogP contribution in [0.4, 0.5) is 0 Å². The highest BCUT2D eigenvalue weighted by molar-refractivity contribution is 9.10. The number of piperidine rings is 1. The molecule has 1 aliphatic heterocycles. The molecule has 7 heteroatoms. The molecule has 1 aliphatic rings. The standard InChI is InChI=1S/C13H18BrClN2O2S/c1-9-4-3-7-17(11(9)8-16)20(18,19)12-6-2-5-10(14)13(12)15/h2,5-6,9,11H,3-4,7-8,16H2,1H3. The molecule has 2 atom stereocenters. The molecule has 1 saturated heterocycles. The smallest absolute Gasteiger partial charge is 0.244 e. The van der Waals surface area contributed by atoms with Gasteiger partial charge in [-0.25, -0.2) is 8.42 Å². The number of hydrogen-bond acceptors (Lipinski definition) is 3. The van der Waals surface area contributed by atoms with E-state index in [4.69, 9.17) is 17.3 Å². The maximum Gasteiger partial charge on any atom is 0.244 e. The van der Waals surface area contributed by atoms with Gasteiger partial charge in [0.25, 0.3) is 0 Å².